The van der Waals surface area contributed by atoms with E-state index in [9.17, 15) is 5.11 Å². The molecule has 1 aromatic rings. The van der Waals surface area contributed by atoms with Crippen molar-refractivity contribution in [3.8, 4) is 0 Å². The summed E-state index contributed by atoms with van der Waals surface area (Å²) in [5.41, 5.74) is 0.835. The van der Waals surface area contributed by atoms with Crippen LogP contribution in [0, 0.1) is 0 Å². The maximum absolute atomic E-state index is 10.4. The smallest absolute Gasteiger partial charge is 0.191 e. The van der Waals surface area contributed by atoms with Gasteiger partial charge in [0.25, 0.3) is 0 Å². The summed E-state index contributed by atoms with van der Waals surface area (Å²) in [6, 6.07) is 8.50. The fraction of sp³-hybridized carbons (Fsp3) is 0.650. The predicted molar refractivity (Wildman–Crippen MR) is 123 cm³/mol. The summed E-state index contributed by atoms with van der Waals surface area (Å²) >= 11 is 5.91. The highest BCUT2D eigenvalue weighted by molar-refractivity contribution is 14.0. The Morgan fingerprint density at radius 2 is 1.96 bits per heavy atom. The highest BCUT2D eigenvalue weighted by atomic mass is 127. The average Bonchev–Trinajstić information content (AvgIpc) is 3.32. The van der Waals surface area contributed by atoms with Gasteiger partial charge in [-0.1, -0.05) is 36.6 Å². The van der Waals surface area contributed by atoms with Crippen molar-refractivity contribution in [1.82, 2.24) is 15.5 Å². The first-order valence-electron chi connectivity index (χ1n) is 9.88. The van der Waals surface area contributed by atoms with E-state index < -0.39 is 6.10 Å². The van der Waals surface area contributed by atoms with Crippen LogP contribution < -0.4 is 10.6 Å². The molecule has 1 saturated heterocycles. The van der Waals surface area contributed by atoms with Crippen LogP contribution in [0.15, 0.2) is 29.3 Å². The molecule has 2 unspecified atom stereocenters. The number of rotatable bonds is 6. The van der Waals surface area contributed by atoms with Crippen LogP contribution in [0.4, 0.5) is 0 Å². The van der Waals surface area contributed by atoms with Crippen molar-refractivity contribution in [3.05, 3.63) is 34.9 Å². The van der Waals surface area contributed by atoms with Crippen LogP contribution in [0.25, 0.3) is 0 Å². The Kier molecular flexibility index (Phi) is 9.62. The summed E-state index contributed by atoms with van der Waals surface area (Å²) < 4.78 is 0. The topological polar surface area (TPSA) is 59.9 Å². The van der Waals surface area contributed by atoms with E-state index in [4.69, 9.17) is 11.6 Å². The van der Waals surface area contributed by atoms with Crippen molar-refractivity contribution in [1.29, 1.82) is 0 Å². The van der Waals surface area contributed by atoms with E-state index in [-0.39, 0.29) is 24.0 Å². The number of likely N-dealkylation sites (tertiary alicyclic amines) is 1. The number of halogens is 2. The number of hydrogen-bond donors (Lipinski definition) is 3. The zero-order valence-corrected chi connectivity index (χ0v) is 19.1. The normalized spacial score (nSPS) is 22.5. The molecule has 27 heavy (non-hydrogen) atoms. The van der Waals surface area contributed by atoms with E-state index >= 15 is 0 Å². The van der Waals surface area contributed by atoms with Gasteiger partial charge in [-0.3, -0.25) is 9.89 Å². The summed E-state index contributed by atoms with van der Waals surface area (Å²) in [5.74, 6) is 0.791. The Morgan fingerprint density at radius 3 is 2.63 bits per heavy atom. The predicted octanol–water partition coefficient (Wildman–Crippen LogP) is 3.56. The molecule has 5 nitrogen and oxygen atoms in total. The molecular formula is C20H32ClIN4O. The molecule has 0 bridgehead atoms. The van der Waals surface area contributed by atoms with Gasteiger partial charge in [-0.2, -0.15) is 0 Å². The molecule has 2 fully saturated rings. The molecular weight excluding hydrogens is 475 g/mol. The van der Waals surface area contributed by atoms with E-state index in [2.05, 4.69) is 27.4 Å². The van der Waals surface area contributed by atoms with Crippen LogP contribution in [0.2, 0.25) is 5.02 Å². The molecule has 7 heteroatoms. The van der Waals surface area contributed by atoms with E-state index in [0.29, 0.717) is 17.6 Å². The van der Waals surface area contributed by atoms with Crippen LogP contribution in [0.5, 0.6) is 0 Å². The molecule has 0 aromatic heterocycles. The summed E-state index contributed by atoms with van der Waals surface area (Å²) in [5, 5.41) is 17.9. The van der Waals surface area contributed by atoms with Crippen molar-refractivity contribution in [2.45, 2.75) is 57.2 Å². The zero-order chi connectivity index (χ0) is 18.4. The summed E-state index contributed by atoms with van der Waals surface area (Å²) in [7, 11) is 0. The largest absolute Gasteiger partial charge is 0.386 e. The van der Waals surface area contributed by atoms with Gasteiger partial charge in [0.15, 0.2) is 5.96 Å². The highest BCUT2D eigenvalue weighted by Gasteiger charge is 2.30. The average molecular weight is 507 g/mol. The summed E-state index contributed by atoms with van der Waals surface area (Å²) in [6.07, 6.45) is 6.00. The first-order valence-corrected chi connectivity index (χ1v) is 10.3. The fourth-order valence-corrected chi connectivity index (χ4v) is 4.11. The number of nitrogens with one attached hydrogen (secondary N) is 2. The molecule has 3 rings (SSSR count). The molecule has 0 amide bonds. The lowest BCUT2D eigenvalue weighted by molar-refractivity contribution is 0.187. The van der Waals surface area contributed by atoms with Crippen molar-refractivity contribution in [2.24, 2.45) is 4.99 Å². The molecule has 1 aliphatic carbocycles. The molecule has 0 radical (unpaired) electrons. The van der Waals surface area contributed by atoms with Crippen molar-refractivity contribution in [3.63, 3.8) is 0 Å². The Balaban J connectivity index is 0.00000261. The Morgan fingerprint density at radius 1 is 1.26 bits per heavy atom. The summed E-state index contributed by atoms with van der Waals surface area (Å²) in [4.78, 5) is 7.23. The standard InChI is InChI=1S/C20H31ClN4O.HI/c1-2-22-20(23-13-19(26)15-7-9-16(21)10-8-15)24-17-11-12-25(14-17)18-5-3-4-6-18;/h7-10,17-19,26H,2-6,11-14H2,1H3,(H2,22,23,24);1H. The van der Waals surface area contributed by atoms with E-state index in [1.165, 1.54) is 32.2 Å². The molecule has 3 N–H and O–H groups in total. The minimum Gasteiger partial charge on any atom is -0.386 e. The second kappa shape index (κ2) is 11.4. The third kappa shape index (κ3) is 6.76. The Bertz CT molecular complexity index is 592. The fourth-order valence-electron chi connectivity index (χ4n) is 3.99. The SMILES string of the molecule is CCNC(=NCC(O)c1ccc(Cl)cc1)NC1CCN(C2CCCC2)C1.I. The number of nitrogens with zero attached hydrogens (tertiary/aromatic N) is 2. The van der Waals surface area contributed by atoms with Gasteiger partial charge < -0.3 is 15.7 Å². The maximum Gasteiger partial charge on any atom is 0.191 e. The second-order valence-corrected chi connectivity index (χ2v) is 7.79. The van der Waals surface area contributed by atoms with Crippen molar-refractivity contribution < 1.29 is 5.11 Å². The first kappa shape index (κ1) is 22.7. The third-order valence-electron chi connectivity index (χ3n) is 5.42. The minimum absolute atomic E-state index is 0. The number of aliphatic hydroxyl groups is 1. The number of aliphatic imine (C=N–C) groups is 1. The molecule has 1 aliphatic heterocycles. The van der Waals surface area contributed by atoms with Gasteiger partial charge in [-0.15, -0.1) is 24.0 Å². The van der Waals surface area contributed by atoms with Gasteiger partial charge in [-0.25, -0.2) is 0 Å². The van der Waals surface area contributed by atoms with E-state index in [1.807, 2.05) is 12.1 Å². The maximum atomic E-state index is 10.4. The van der Waals surface area contributed by atoms with Crippen molar-refractivity contribution >= 4 is 41.5 Å². The number of guanidine groups is 1. The number of benzene rings is 1. The molecule has 0 spiro atoms. The van der Waals surface area contributed by atoms with Gasteiger partial charge >= 0.3 is 0 Å². The molecule has 1 saturated carbocycles. The van der Waals surface area contributed by atoms with E-state index in [1.54, 1.807) is 12.1 Å². The minimum atomic E-state index is -0.624. The first-order chi connectivity index (χ1) is 12.7. The molecule has 1 aromatic carbocycles. The van der Waals surface area contributed by atoms with Gasteiger partial charge in [0.1, 0.15) is 0 Å². The lowest BCUT2D eigenvalue weighted by atomic mass is 10.1. The van der Waals surface area contributed by atoms with E-state index in [0.717, 1.165) is 37.1 Å². The Labute approximate surface area is 185 Å². The quantitative estimate of drug-likeness (QED) is 0.314. The highest BCUT2D eigenvalue weighted by Crippen LogP contribution is 2.26. The van der Waals surface area contributed by atoms with Crippen LogP contribution >= 0.6 is 35.6 Å². The van der Waals surface area contributed by atoms with Crippen LogP contribution in [-0.2, 0) is 0 Å². The van der Waals surface area contributed by atoms with Crippen LogP contribution in [0.3, 0.4) is 0 Å². The number of hydrogen-bond acceptors (Lipinski definition) is 3. The molecule has 1 heterocycles. The molecule has 2 atom stereocenters. The van der Waals surface area contributed by atoms with Gasteiger partial charge in [0.05, 0.1) is 12.6 Å². The zero-order valence-electron chi connectivity index (χ0n) is 16.0. The van der Waals surface area contributed by atoms with Crippen LogP contribution in [-0.4, -0.2) is 54.2 Å². The Hall–Kier alpha value is -0.570. The van der Waals surface area contributed by atoms with Crippen molar-refractivity contribution in [2.75, 3.05) is 26.2 Å². The molecule has 152 valence electrons. The van der Waals surface area contributed by atoms with Gasteiger partial charge in [-0.05, 0) is 43.9 Å². The lowest BCUT2D eigenvalue weighted by Gasteiger charge is -2.24. The van der Waals surface area contributed by atoms with Gasteiger partial charge in [0.2, 0.25) is 0 Å². The second-order valence-electron chi connectivity index (χ2n) is 7.35. The van der Waals surface area contributed by atoms with Gasteiger partial charge in [0, 0.05) is 36.7 Å². The number of aliphatic hydroxyl groups excluding tert-OH is 1. The third-order valence-corrected chi connectivity index (χ3v) is 5.67. The molecule has 2 aliphatic rings. The summed E-state index contributed by atoms with van der Waals surface area (Å²) in [6.45, 7) is 5.47. The monoisotopic (exact) mass is 506 g/mol. The lowest BCUT2D eigenvalue weighted by Crippen LogP contribution is -2.45. The van der Waals surface area contributed by atoms with Crippen LogP contribution in [0.1, 0.15) is 50.7 Å².